The zero-order valence-corrected chi connectivity index (χ0v) is 35.1. The molecule has 346 valence electrons. The van der Waals surface area contributed by atoms with E-state index in [2.05, 4.69) is 41.1 Å². The Hall–Kier alpha value is -4.40. The molecule has 0 heterocycles. The fourth-order valence-corrected chi connectivity index (χ4v) is 5.88. The SMILES string of the molecule is O=C(CCOCCOCCOCCOCCOCCOCCOCCOCCOCCOC(c1ccccc1)(c1ccccc1)c1ccccc1)Oc1c(F)c(F)c(F)c(F)c1F. The Morgan fingerprint density at radius 2 is 0.603 bits per heavy atom. The van der Waals surface area contributed by atoms with E-state index in [1.807, 2.05) is 54.6 Å². The van der Waals surface area contributed by atoms with Crippen LogP contribution in [-0.4, -0.2) is 132 Å². The molecule has 0 saturated heterocycles. The molecule has 0 aliphatic rings. The lowest BCUT2D eigenvalue weighted by Crippen LogP contribution is -2.34. The van der Waals surface area contributed by atoms with E-state index in [4.69, 9.17) is 47.4 Å². The minimum Gasteiger partial charge on any atom is -0.420 e. The maximum Gasteiger partial charge on any atom is 0.313 e. The van der Waals surface area contributed by atoms with Crippen molar-refractivity contribution in [1.82, 2.24) is 0 Å². The predicted octanol–water partition coefficient (Wildman–Crippen LogP) is 6.84. The molecule has 0 fully saturated rings. The van der Waals surface area contributed by atoms with Crippen molar-refractivity contribution in [3.05, 3.63) is 137 Å². The molecular weight excluding hydrogens is 839 g/mol. The Balaban J connectivity index is 0.869. The molecule has 0 aliphatic heterocycles. The molecule has 0 radical (unpaired) electrons. The van der Waals surface area contributed by atoms with Gasteiger partial charge in [0.1, 0.15) is 5.60 Å². The summed E-state index contributed by atoms with van der Waals surface area (Å²) in [6.45, 7) is 6.37. The zero-order valence-electron chi connectivity index (χ0n) is 35.1. The summed E-state index contributed by atoms with van der Waals surface area (Å²) >= 11 is 0. The quantitative estimate of drug-likeness (QED) is 0.00917. The summed E-state index contributed by atoms with van der Waals surface area (Å²) in [5.74, 6) is -14.1. The number of carbonyl (C=O) groups excluding carboxylic acids is 1. The molecule has 0 spiro atoms. The van der Waals surface area contributed by atoms with Gasteiger partial charge in [-0.15, -0.1) is 0 Å². The Morgan fingerprint density at radius 1 is 0.349 bits per heavy atom. The van der Waals surface area contributed by atoms with E-state index in [1.165, 1.54) is 0 Å². The molecule has 63 heavy (non-hydrogen) atoms. The van der Waals surface area contributed by atoms with Gasteiger partial charge in [-0.25, -0.2) is 13.2 Å². The second kappa shape index (κ2) is 30.6. The van der Waals surface area contributed by atoms with Crippen molar-refractivity contribution in [3.8, 4) is 5.75 Å². The third-order valence-corrected chi connectivity index (χ3v) is 8.90. The van der Waals surface area contributed by atoms with Crippen molar-refractivity contribution in [2.75, 3.05) is 126 Å². The first-order chi connectivity index (χ1) is 30.9. The number of halogens is 5. The van der Waals surface area contributed by atoms with E-state index in [9.17, 15) is 26.7 Å². The number of hydrogen-bond acceptors (Lipinski definition) is 12. The van der Waals surface area contributed by atoms with Gasteiger partial charge in [0.15, 0.2) is 0 Å². The maximum atomic E-state index is 13.6. The van der Waals surface area contributed by atoms with Gasteiger partial charge in [0.2, 0.25) is 34.8 Å². The standard InChI is InChI=1S/C46H55F5O12/c47-40-41(48)43(50)45(44(51)42(40)49)63-39(52)16-17-53-18-19-54-20-21-55-22-23-56-24-25-57-26-27-58-28-29-59-30-31-60-32-33-61-34-35-62-46(36-10-4-1-5-11-36,37-12-6-2-7-13-37)38-14-8-3-9-15-38/h1-15H,16-35H2. The fraction of sp³-hybridized carbons (Fsp3) is 0.457. The van der Waals surface area contributed by atoms with Crippen LogP contribution in [0.25, 0.3) is 0 Å². The van der Waals surface area contributed by atoms with Crippen molar-refractivity contribution in [1.29, 1.82) is 0 Å². The smallest absolute Gasteiger partial charge is 0.313 e. The summed E-state index contributed by atoms with van der Waals surface area (Å²) in [7, 11) is 0. The number of esters is 1. The number of ether oxygens (including phenoxy) is 11. The van der Waals surface area contributed by atoms with Crippen molar-refractivity contribution in [2.24, 2.45) is 0 Å². The van der Waals surface area contributed by atoms with Gasteiger partial charge in [-0.1, -0.05) is 91.0 Å². The lowest BCUT2D eigenvalue weighted by Gasteiger charge is -2.36. The van der Waals surface area contributed by atoms with E-state index in [-0.39, 0.29) is 26.4 Å². The van der Waals surface area contributed by atoms with Crippen LogP contribution in [-0.2, 0) is 57.8 Å². The van der Waals surface area contributed by atoms with E-state index in [1.54, 1.807) is 0 Å². The van der Waals surface area contributed by atoms with Crippen LogP contribution in [0.2, 0.25) is 0 Å². The van der Waals surface area contributed by atoms with Crippen molar-refractivity contribution >= 4 is 5.97 Å². The molecule has 0 atom stereocenters. The molecule has 4 rings (SSSR count). The lowest BCUT2D eigenvalue weighted by atomic mass is 9.80. The molecule has 0 aromatic heterocycles. The molecule has 17 heteroatoms. The van der Waals surface area contributed by atoms with Crippen LogP contribution in [0.4, 0.5) is 22.0 Å². The summed E-state index contributed by atoms with van der Waals surface area (Å²) in [6.07, 6.45) is -0.491. The molecule has 0 unspecified atom stereocenters. The highest BCUT2D eigenvalue weighted by molar-refractivity contribution is 5.72. The molecule has 0 saturated carbocycles. The number of rotatable bonds is 35. The number of hydrogen-bond donors (Lipinski definition) is 0. The summed E-state index contributed by atoms with van der Waals surface area (Å²) in [5, 5.41) is 0. The van der Waals surface area contributed by atoms with Crippen LogP contribution in [0, 0.1) is 29.1 Å². The average molecular weight is 895 g/mol. The van der Waals surface area contributed by atoms with Gasteiger partial charge in [-0.05, 0) is 16.7 Å². The van der Waals surface area contributed by atoms with Crippen molar-refractivity contribution in [3.63, 3.8) is 0 Å². The Morgan fingerprint density at radius 3 is 0.905 bits per heavy atom. The highest BCUT2D eigenvalue weighted by atomic mass is 19.2. The largest absolute Gasteiger partial charge is 0.420 e. The normalized spacial score (nSPS) is 11.6. The highest BCUT2D eigenvalue weighted by Crippen LogP contribution is 2.40. The molecule has 12 nitrogen and oxygen atoms in total. The summed E-state index contributed by atoms with van der Waals surface area (Å²) in [4.78, 5) is 11.7. The number of benzene rings is 4. The second-order valence-electron chi connectivity index (χ2n) is 13.3. The van der Waals surface area contributed by atoms with E-state index < -0.39 is 52.8 Å². The van der Waals surface area contributed by atoms with Crippen LogP contribution in [0.15, 0.2) is 91.0 Å². The van der Waals surface area contributed by atoms with E-state index in [0.29, 0.717) is 99.1 Å². The topological polar surface area (TPSA) is 119 Å². The van der Waals surface area contributed by atoms with E-state index >= 15 is 0 Å². The number of carbonyl (C=O) groups is 1. The van der Waals surface area contributed by atoms with Gasteiger partial charge in [0, 0.05) is 0 Å². The molecule has 4 aromatic rings. The maximum absolute atomic E-state index is 13.6. The van der Waals surface area contributed by atoms with Crippen LogP contribution in [0.1, 0.15) is 23.1 Å². The molecule has 0 bridgehead atoms. The van der Waals surface area contributed by atoms with Gasteiger partial charge in [-0.2, -0.15) is 8.78 Å². The Labute approximate surface area is 364 Å². The van der Waals surface area contributed by atoms with Gasteiger partial charge in [0.25, 0.3) is 0 Å². The molecule has 4 aromatic carbocycles. The Kier molecular flexibility index (Phi) is 24.9. The van der Waals surface area contributed by atoms with Gasteiger partial charge < -0.3 is 52.1 Å². The van der Waals surface area contributed by atoms with Crippen LogP contribution in [0.3, 0.4) is 0 Å². The molecule has 0 amide bonds. The van der Waals surface area contributed by atoms with Gasteiger partial charge >= 0.3 is 5.97 Å². The van der Waals surface area contributed by atoms with Crippen LogP contribution < -0.4 is 4.74 Å². The summed E-state index contributed by atoms with van der Waals surface area (Å²) in [6, 6.07) is 30.7. The van der Waals surface area contributed by atoms with Crippen molar-refractivity contribution < 1.29 is 78.9 Å². The first-order valence-electron chi connectivity index (χ1n) is 20.6. The predicted molar refractivity (Wildman–Crippen MR) is 219 cm³/mol. The third kappa shape index (κ3) is 17.9. The summed E-state index contributed by atoms with van der Waals surface area (Å²) < 4.78 is 127. The second-order valence-corrected chi connectivity index (χ2v) is 13.3. The lowest BCUT2D eigenvalue weighted by molar-refractivity contribution is -0.136. The van der Waals surface area contributed by atoms with Gasteiger partial charge in [0.05, 0.1) is 132 Å². The summed E-state index contributed by atoms with van der Waals surface area (Å²) in [5.41, 5.74) is 2.35. The Bertz CT molecular complexity index is 1700. The van der Waals surface area contributed by atoms with Crippen molar-refractivity contribution in [2.45, 2.75) is 12.0 Å². The first-order valence-corrected chi connectivity index (χ1v) is 20.6. The fourth-order valence-electron chi connectivity index (χ4n) is 5.88. The first kappa shape index (κ1) is 51.2. The minimum atomic E-state index is -2.35. The highest BCUT2D eigenvalue weighted by Gasteiger charge is 2.37. The minimum absolute atomic E-state index is 0.0760. The monoisotopic (exact) mass is 894 g/mol. The molecule has 0 N–H and O–H groups in total. The van der Waals surface area contributed by atoms with Crippen LogP contribution >= 0.6 is 0 Å². The zero-order chi connectivity index (χ0) is 44.8. The third-order valence-electron chi connectivity index (χ3n) is 8.90. The molecular formula is C46H55F5O12. The van der Waals surface area contributed by atoms with Gasteiger partial charge in [-0.3, -0.25) is 4.79 Å². The van der Waals surface area contributed by atoms with E-state index in [0.717, 1.165) is 16.7 Å². The van der Waals surface area contributed by atoms with Crippen LogP contribution in [0.5, 0.6) is 5.75 Å². The average Bonchev–Trinajstić information content (AvgIpc) is 3.32. The molecule has 0 aliphatic carbocycles.